The normalized spacial score (nSPS) is 19.4. The van der Waals surface area contributed by atoms with Gasteiger partial charge >= 0.3 is 0 Å². The molecule has 0 amide bonds. The van der Waals surface area contributed by atoms with Crippen molar-refractivity contribution in [3.05, 3.63) is 28.2 Å². The zero-order chi connectivity index (χ0) is 13.0. The molecule has 1 fully saturated rings. The fourth-order valence-corrected chi connectivity index (χ4v) is 3.65. The largest absolute Gasteiger partial charge is 0.316 e. The van der Waals surface area contributed by atoms with E-state index < -0.39 is 0 Å². The number of likely N-dealkylation sites (N-methyl/N-ethyl adjacent to an activating group) is 1. The van der Waals surface area contributed by atoms with E-state index in [9.17, 15) is 0 Å². The lowest BCUT2D eigenvalue weighted by Crippen LogP contribution is -2.30. The van der Waals surface area contributed by atoms with E-state index >= 15 is 0 Å². The third-order valence-electron chi connectivity index (χ3n) is 3.24. The van der Waals surface area contributed by atoms with Gasteiger partial charge in [-0.3, -0.25) is 0 Å². The second-order valence-electron chi connectivity index (χ2n) is 4.50. The average Bonchev–Trinajstić information content (AvgIpc) is 2.81. The second kappa shape index (κ2) is 8.60. The van der Waals surface area contributed by atoms with Crippen LogP contribution in [0.15, 0.2) is 23.1 Å². The van der Waals surface area contributed by atoms with Gasteiger partial charge < -0.3 is 10.2 Å². The van der Waals surface area contributed by atoms with Gasteiger partial charge in [0.05, 0.1) is 5.02 Å². The molecule has 0 aliphatic carbocycles. The molecule has 1 aromatic rings. The SMILES string of the molecule is CNC1CCN(CCSc2cc(Cl)ccc2Cl)C1.Cl. The van der Waals surface area contributed by atoms with Gasteiger partial charge in [-0.1, -0.05) is 23.2 Å². The first-order valence-corrected chi connectivity index (χ1v) is 7.90. The second-order valence-corrected chi connectivity index (χ2v) is 6.48. The van der Waals surface area contributed by atoms with Crippen LogP contribution in [0.1, 0.15) is 6.42 Å². The van der Waals surface area contributed by atoms with Gasteiger partial charge in [0.2, 0.25) is 0 Å². The highest BCUT2D eigenvalue weighted by Crippen LogP contribution is 2.29. The summed E-state index contributed by atoms with van der Waals surface area (Å²) in [5.74, 6) is 1.05. The maximum absolute atomic E-state index is 6.13. The molecule has 19 heavy (non-hydrogen) atoms. The molecule has 0 bridgehead atoms. The van der Waals surface area contributed by atoms with Crippen molar-refractivity contribution >= 4 is 47.4 Å². The van der Waals surface area contributed by atoms with Crippen LogP contribution in [0, 0.1) is 0 Å². The van der Waals surface area contributed by atoms with Crippen molar-refractivity contribution in [1.82, 2.24) is 10.2 Å². The highest BCUT2D eigenvalue weighted by atomic mass is 35.5. The number of halogens is 3. The molecule has 0 saturated carbocycles. The number of hydrogen-bond acceptors (Lipinski definition) is 3. The van der Waals surface area contributed by atoms with Crippen molar-refractivity contribution in [3.8, 4) is 0 Å². The Morgan fingerprint density at radius 3 is 2.89 bits per heavy atom. The Balaban J connectivity index is 0.00000180. The number of nitrogens with one attached hydrogen (secondary N) is 1. The monoisotopic (exact) mass is 340 g/mol. The summed E-state index contributed by atoms with van der Waals surface area (Å²) in [5.41, 5.74) is 0. The van der Waals surface area contributed by atoms with Crippen LogP contribution < -0.4 is 5.32 Å². The van der Waals surface area contributed by atoms with E-state index in [2.05, 4.69) is 10.2 Å². The summed E-state index contributed by atoms with van der Waals surface area (Å²) >= 11 is 13.9. The Kier molecular flexibility index (Phi) is 7.88. The topological polar surface area (TPSA) is 15.3 Å². The third-order valence-corrected chi connectivity index (χ3v) is 4.95. The lowest BCUT2D eigenvalue weighted by atomic mass is 10.3. The standard InChI is InChI=1S/C13H18Cl2N2S.ClH/c1-16-11-4-5-17(9-11)6-7-18-13-8-10(14)2-3-12(13)15;/h2-3,8,11,16H,4-7,9H2,1H3;1H. The maximum Gasteiger partial charge on any atom is 0.0542 e. The predicted molar refractivity (Wildman–Crippen MR) is 88.3 cm³/mol. The van der Waals surface area contributed by atoms with Crippen LogP contribution in [-0.2, 0) is 0 Å². The van der Waals surface area contributed by atoms with Crippen LogP contribution in [0.4, 0.5) is 0 Å². The number of hydrogen-bond donors (Lipinski definition) is 1. The molecule has 1 aliphatic heterocycles. The van der Waals surface area contributed by atoms with Gasteiger partial charge in [0.25, 0.3) is 0 Å². The molecule has 1 atom stereocenters. The van der Waals surface area contributed by atoms with Gasteiger partial charge in [-0.05, 0) is 38.2 Å². The quantitative estimate of drug-likeness (QED) is 0.820. The first kappa shape index (κ1) is 17.4. The van der Waals surface area contributed by atoms with Crippen LogP contribution in [0.5, 0.6) is 0 Å². The lowest BCUT2D eigenvalue weighted by molar-refractivity contribution is 0.351. The first-order valence-electron chi connectivity index (χ1n) is 6.16. The molecule has 1 aliphatic rings. The van der Waals surface area contributed by atoms with E-state index in [1.54, 1.807) is 11.8 Å². The summed E-state index contributed by atoms with van der Waals surface area (Å²) in [7, 11) is 2.04. The molecule has 1 unspecified atom stereocenters. The van der Waals surface area contributed by atoms with E-state index in [1.807, 2.05) is 25.2 Å². The van der Waals surface area contributed by atoms with E-state index in [0.717, 1.165) is 33.8 Å². The Labute approximate surface area is 135 Å². The molecular formula is C13H19Cl3N2S. The minimum atomic E-state index is 0. The van der Waals surface area contributed by atoms with E-state index in [0.29, 0.717) is 6.04 Å². The molecule has 1 N–H and O–H groups in total. The number of thioether (sulfide) groups is 1. The van der Waals surface area contributed by atoms with Gasteiger partial charge in [0.1, 0.15) is 0 Å². The Hall–Kier alpha value is 0.360. The number of nitrogens with zero attached hydrogens (tertiary/aromatic N) is 1. The molecular weight excluding hydrogens is 323 g/mol. The number of benzene rings is 1. The van der Waals surface area contributed by atoms with Crippen LogP contribution >= 0.6 is 47.4 Å². The molecule has 0 radical (unpaired) electrons. The molecule has 2 nitrogen and oxygen atoms in total. The minimum absolute atomic E-state index is 0. The zero-order valence-electron chi connectivity index (χ0n) is 10.9. The highest BCUT2D eigenvalue weighted by Gasteiger charge is 2.20. The van der Waals surface area contributed by atoms with Gasteiger partial charge in [0.15, 0.2) is 0 Å². The molecule has 1 saturated heterocycles. The number of likely N-dealkylation sites (tertiary alicyclic amines) is 1. The highest BCUT2D eigenvalue weighted by molar-refractivity contribution is 7.99. The van der Waals surface area contributed by atoms with E-state index in [4.69, 9.17) is 23.2 Å². The van der Waals surface area contributed by atoms with Crippen molar-refractivity contribution in [2.24, 2.45) is 0 Å². The Morgan fingerprint density at radius 1 is 1.42 bits per heavy atom. The van der Waals surface area contributed by atoms with E-state index in [-0.39, 0.29) is 12.4 Å². The summed E-state index contributed by atoms with van der Waals surface area (Å²) in [6, 6.07) is 6.28. The molecule has 0 aromatic heterocycles. The molecule has 0 spiro atoms. The summed E-state index contributed by atoms with van der Waals surface area (Å²) < 4.78 is 0. The number of rotatable bonds is 5. The zero-order valence-corrected chi connectivity index (χ0v) is 14.0. The third kappa shape index (κ3) is 5.33. The van der Waals surface area contributed by atoms with Gasteiger partial charge in [0, 0.05) is 34.8 Å². The smallest absolute Gasteiger partial charge is 0.0542 e. The molecule has 1 aromatic carbocycles. The lowest BCUT2D eigenvalue weighted by Gasteiger charge is -2.15. The Morgan fingerprint density at radius 2 is 2.21 bits per heavy atom. The minimum Gasteiger partial charge on any atom is -0.316 e. The summed E-state index contributed by atoms with van der Waals surface area (Å²) in [5, 5.41) is 4.87. The average molecular weight is 342 g/mol. The predicted octanol–water partition coefficient (Wildman–Crippen LogP) is 3.80. The fraction of sp³-hybridized carbons (Fsp3) is 0.538. The van der Waals surface area contributed by atoms with Crippen molar-refractivity contribution in [1.29, 1.82) is 0 Å². The van der Waals surface area contributed by atoms with Crippen molar-refractivity contribution in [2.75, 3.05) is 32.4 Å². The molecule has 6 heteroatoms. The van der Waals surface area contributed by atoms with Crippen LogP contribution in [-0.4, -0.2) is 43.4 Å². The van der Waals surface area contributed by atoms with Crippen molar-refractivity contribution in [3.63, 3.8) is 0 Å². The molecule has 2 rings (SSSR count). The van der Waals surface area contributed by atoms with Crippen molar-refractivity contribution in [2.45, 2.75) is 17.4 Å². The summed E-state index contributed by atoms with van der Waals surface area (Å²) in [4.78, 5) is 3.57. The summed E-state index contributed by atoms with van der Waals surface area (Å²) in [6.07, 6.45) is 1.25. The van der Waals surface area contributed by atoms with Gasteiger partial charge in [-0.2, -0.15) is 0 Å². The molecule has 1 heterocycles. The van der Waals surface area contributed by atoms with Gasteiger partial charge in [-0.25, -0.2) is 0 Å². The van der Waals surface area contributed by atoms with E-state index in [1.165, 1.54) is 13.0 Å². The van der Waals surface area contributed by atoms with Crippen molar-refractivity contribution < 1.29 is 0 Å². The fourth-order valence-electron chi connectivity index (χ4n) is 2.14. The molecule has 108 valence electrons. The van der Waals surface area contributed by atoms with Crippen LogP contribution in [0.3, 0.4) is 0 Å². The van der Waals surface area contributed by atoms with Gasteiger partial charge in [-0.15, -0.1) is 24.2 Å². The van der Waals surface area contributed by atoms with Crippen LogP contribution in [0.2, 0.25) is 10.0 Å². The Bertz CT molecular complexity index is 403. The summed E-state index contributed by atoms with van der Waals surface area (Å²) in [6.45, 7) is 3.45. The van der Waals surface area contributed by atoms with Crippen LogP contribution in [0.25, 0.3) is 0 Å². The maximum atomic E-state index is 6.13. The first-order chi connectivity index (χ1) is 8.69.